The summed E-state index contributed by atoms with van der Waals surface area (Å²) in [6.45, 7) is 0.400. The number of hydrogen-bond acceptors (Lipinski definition) is 4. The third-order valence-electron chi connectivity index (χ3n) is 2.48. The second kappa shape index (κ2) is 4.42. The molecule has 6 nitrogen and oxygen atoms in total. The van der Waals surface area contributed by atoms with Crippen LogP contribution in [0.15, 0.2) is 16.7 Å². The van der Waals surface area contributed by atoms with Gasteiger partial charge >= 0.3 is 5.97 Å². The van der Waals surface area contributed by atoms with Crippen molar-refractivity contribution in [2.24, 2.45) is 5.73 Å². The molecule has 0 aromatic carbocycles. The van der Waals surface area contributed by atoms with Crippen LogP contribution >= 0.6 is 15.9 Å². The second-order valence-electron chi connectivity index (χ2n) is 3.80. The summed E-state index contributed by atoms with van der Waals surface area (Å²) < 4.78 is 0.472. The number of amides is 1. The van der Waals surface area contributed by atoms with Crippen LogP contribution in [-0.2, 0) is 4.79 Å². The number of carbonyl (C=O) groups excluding carboxylic acids is 1. The molecule has 0 spiro atoms. The smallest absolute Gasteiger partial charge is 0.337 e. The Morgan fingerprint density at radius 1 is 1.65 bits per heavy atom. The van der Waals surface area contributed by atoms with E-state index in [4.69, 9.17) is 10.8 Å². The van der Waals surface area contributed by atoms with Crippen LogP contribution in [0.5, 0.6) is 0 Å². The summed E-state index contributed by atoms with van der Waals surface area (Å²) in [6.07, 6.45) is 1.51. The fourth-order valence-corrected chi connectivity index (χ4v) is 2.25. The normalized spacial score (nSPS) is 19.8. The fourth-order valence-electron chi connectivity index (χ4n) is 1.69. The Morgan fingerprint density at radius 2 is 2.35 bits per heavy atom. The number of hydrogen-bond donors (Lipinski definition) is 2. The Hall–Kier alpha value is -1.47. The van der Waals surface area contributed by atoms with E-state index in [-0.39, 0.29) is 23.9 Å². The molecule has 1 aromatic heterocycles. The number of carbonyl (C=O) groups is 2. The Bertz CT molecular complexity index is 492. The summed E-state index contributed by atoms with van der Waals surface area (Å²) in [5, 5.41) is 8.80. The molecule has 1 fully saturated rings. The lowest BCUT2D eigenvalue weighted by Gasteiger charge is -2.16. The quantitative estimate of drug-likeness (QED) is 0.834. The summed E-state index contributed by atoms with van der Waals surface area (Å²) in [5.41, 5.74) is 5.75. The minimum atomic E-state index is -1.06. The van der Waals surface area contributed by atoms with E-state index in [0.717, 1.165) is 0 Å². The standard InChI is InChI=1S/C10H10BrN3O3/c11-7-1-5(10(16)17)3-13-9(7)14-4-6(12)2-8(14)15/h1,3,6H,2,4,12H2,(H,16,17). The largest absolute Gasteiger partial charge is 0.478 e. The molecular formula is C10H10BrN3O3. The van der Waals surface area contributed by atoms with Gasteiger partial charge in [0.25, 0.3) is 0 Å². The van der Waals surface area contributed by atoms with Crippen LogP contribution in [-0.4, -0.2) is 34.6 Å². The monoisotopic (exact) mass is 299 g/mol. The third-order valence-corrected chi connectivity index (χ3v) is 3.06. The van der Waals surface area contributed by atoms with Gasteiger partial charge in [-0.2, -0.15) is 0 Å². The van der Waals surface area contributed by atoms with E-state index in [2.05, 4.69) is 20.9 Å². The Labute approximate surface area is 106 Å². The van der Waals surface area contributed by atoms with Gasteiger partial charge in [-0.3, -0.25) is 9.69 Å². The average Bonchev–Trinajstić information content (AvgIpc) is 2.57. The van der Waals surface area contributed by atoms with Crippen LogP contribution in [0.3, 0.4) is 0 Å². The van der Waals surface area contributed by atoms with Crippen molar-refractivity contribution in [2.45, 2.75) is 12.5 Å². The average molecular weight is 300 g/mol. The summed E-state index contributed by atoms with van der Waals surface area (Å²) in [4.78, 5) is 27.8. The van der Waals surface area contributed by atoms with Gasteiger partial charge in [0, 0.05) is 25.2 Å². The molecule has 1 aliphatic heterocycles. The van der Waals surface area contributed by atoms with Gasteiger partial charge in [0.05, 0.1) is 10.0 Å². The second-order valence-corrected chi connectivity index (χ2v) is 4.66. The molecule has 1 saturated heterocycles. The number of carboxylic acid groups (broad SMARTS) is 1. The summed E-state index contributed by atoms with van der Waals surface area (Å²) >= 11 is 3.21. The highest BCUT2D eigenvalue weighted by atomic mass is 79.9. The maximum absolute atomic E-state index is 11.6. The minimum absolute atomic E-state index is 0.0663. The molecule has 0 saturated carbocycles. The molecule has 0 bridgehead atoms. The lowest BCUT2D eigenvalue weighted by molar-refractivity contribution is -0.117. The summed E-state index contributed by atoms with van der Waals surface area (Å²) in [7, 11) is 0. The van der Waals surface area contributed by atoms with E-state index >= 15 is 0 Å². The maximum atomic E-state index is 11.6. The van der Waals surface area contributed by atoms with Gasteiger partial charge in [-0.05, 0) is 22.0 Å². The van der Waals surface area contributed by atoms with Gasteiger partial charge < -0.3 is 10.8 Å². The number of aromatic nitrogens is 1. The molecule has 90 valence electrons. The zero-order chi connectivity index (χ0) is 12.6. The first-order valence-corrected chi connectivity index (χ1v) is 5.73. The number of nitrogens with zero attached hydrogens (tertiary/aromatic N) is 2. The predicted molar refractivity (Wildman–Crippen MR) is 63.8 cm³/mol. The number of rotatable bonds is 2. The van der Waals surface area contributed by atoms with E-state index in [1.165, 1.54) is 17.2 Å². The van der Waals surface area contributed by atoms with Gasteiger partial charge in [0.15, 0.2) is 0 Å². The van der Waals surface area contributed by atoms with Gasteiger partial charge in [0.1, 0.15) is 5.82 Å². The van der Waals surface area contributed by atoms with Crippen molar-refractivity contribution < 1.29 is 14.7 Å². The van der Waals surface area contributed by atoms with Crippen LogP contribution < -0.4 is 10.6 Å². The van der Waals surface area contributed by atoms with Crippen molar-refractivity contribution >= 4 is 33.6 Å². The van der Waals surface area contributed by atoms with Crippen molar-refractivity contribution in [3.63, 3.8) is 0 Å². The first-order valence-electron chi connectivity index (χ1n) is 4.94. The molecule has 1 unspecified atom stereocenters. The highest BCUT2D eigenvalue weighted by Crippen LogP contribution is 2.27. The molecule has 1 atom stereocenters. The van der Waals surface area contributed by atoms with Crippen molar-refractivity contribution in [1.29, 1.82) is 0 Å². The first kappa shape index (κ1) is 12.0. The molecule has 1 aromatic rings. The minimum Gasteiger partial charge on any atom is -0.478 e. The Kier molecular flexibility index (Phi) is 3.12. The van der Waals surface area contributed by atoms with Gasteiger partial charge in [0.2, 0.25) is 5.91 Å². The lowest BCUT2D eigenvalue weighted by atomic mass is 10.3. The van der Waals surface area contributed by atoms with Gasteiger partial charge in [-0.25, -0.2) is 9.78 Å². The van der Waals surface area contributed by atoms with E-state index < -0.39 is 5.97 Å². The van der Waals surface area contributed by atoms with Crippen molar-refractivity contribution in [2.75, 3.05) is 11.4 Å². The first-order chi connectivity index (χ1) is 7.99. The SMILES string of the molecule is NC1CC(=O)N(c2ncc(C(=O)O)cc2Br)C1. The molecule has 0 radical (unpaired) electrons. The van der Waals surface area contributed by atoms with E-state index in [0.29, 0.717) is 16.8 Å². The van der Waals surface area contributed by atoms with Gasteiger partial charge in [-0.15, -0.1) is 0 Å². The summed E-state index contributed by atoms with van der Waals surface area (Å²) in [5.74, 6) is -0.754. The Balaban J connectivity index is 2.34. The fraction of sp³-hybridized carbons (Fsp3) is 0.300. The molecule has 0 aliphatic carbocycles. The molecule has 1 aliphatic rings. The van der Waals surface area contributed by atoms with Crippen LogP contribution in [0.2, 0.25) is 0 Å². The Morgan fingerprint density at radius 3 is 2.82 bits per heavy atom. The number of nitrogens with two attached hydrogens (primary N) is 1. The molecule has 2 heterocycles. The van der Waals surface area contributed by atoms with Gasteiger partial charge in [-0.1, -0.05) is 0 Å². The van der Waals surface area contributed by atoms with E-state index in [1.807, 2.05) is 0 Å². The third kappa shape index (κ3) is 2.29. The molecule has 3 N–H and O–H groups in total. The van der Waals surface area contributed by atoms with Crippen molar-refractivity contribution in [3.05, 3.63) is 22.3 Å². The van der Waals surface area contributed by atoms with Crippen LogP contribution in [0.1, 0.15) is 16.8 Å². The van der Waals surface area contributed by atoms with E-state index in [9.17, 15) is 9.59 Å². The highest BCUT2D eigenvalue weighted by Gasteiger charge is 2.30. The van der Waals surface area contributed by atoms with Crippen LogP contribution in [0.25, 0.3) is 0 Å². The lowest BCUT2D eigenvalue weighted by Crippen LogP contribution is -2.29. The number of carboxylic acids is 1. The number of halogens is 1. The number of aromatic carboxylic acids is 1. The van der Waals surface area contributed by atoms with Crippen molar-refractivity contribution in [3.8, 4) is 0 Å². The van der Waals surface area contributed by atoms with E-state index in [1.54, 1.807) is 0 Å². The summed E-state index contributed by atoms with van der Waals surface area (Å²) in [6, 6.07) is 1.22. The maximum Gasteiger partial charge on any atom is 0.337 e. The number of anilines is 1. The van der Waals surface area contributed by atoms with Crippen molar-refractivity contribution in [1.82, 2.24) is 4.98 Å². The topological polar surface area (TPSA) is 96.5 Å². The van der Waals surface area contributed by atoms with Crippen LogP contribution in [0, 0.1) is 0 Å². The molecule has 1 amide bonds. The molecule has 2 rings (SSSR count). The molecule has 17 heavy (non-hydrogen) atoms. The zero-order valence-electron chi connectivity index (χ0n) is 8.76. The zero-order valence-corrected chi connectivity index (χ0v) is 10.3. The number of pyridine rings is 1. The molecular weight excluding hydrogens is 290 g/mol. The molecule has 7 heteroatoms. The predicted octanol–water partition coefficient (Wildman–Crippen LogP) is 0.606. The van der Waals surface area contributed by atoms with Crippen LogP contribution in [0.4, 0.5) is 5.82 Å². The highest BCUT2D eigenvalue weighted by molar-refractivity contribution is 9.10.